The third kappa shape index (κ3) is 2.21. The Hall–Kier alpha value is -1.11. The molecule has 1 heterocycles. The average molecular weight is 414 g/mol. The van der Waals surface area contributed by atoms with E-state index in [-0.39, 0.29) is 0 Å². The Morgan fingerprint density at radius 2 is 2.00 bits per heavy atom. The summed E-state index contributed by atoms with van der Waals surface area (Å²) in [4.78, 5) is 3.21. The van der Waals surface area contributed by atoms with Crippen LogP contribution in [0.2, 0.25) is 0 Å². The topological polar surface area (TPSA) is 29.9 Å². The highest BCUT2D eigenvalue weighted by atomic mass is 79.9. The number of para-hydroxylation sites is 1. The van der Waals surface area contributed by atoms with Gasteiger partial charge in [-0.1, -0.05) is 22.0 Å². The summed E-state index contributed by atoms with van der Waals surface area (Å²) < 4.78 is 9.97. The maximum absolute atomic E-state index is 5.45. The second-order valence-electron chi connectivity index (χ2n) is 4.22. The van der Waals surface area contributed by atoms with Crippen LogP contribution in [-0.4, -0.2) is 16.7 Å². The van der Waals surface area contributed by atoms with E-state index in [1.54, 1.807) is 7.11 Å². The van der Waals surface area contributed by atoms with Crippen LogP contribution in [0.1, 0.15) is 0 Å². The first-order chi connectivity index (χ1) is 9.61. The summed E-state index contributed by atoms with van der Waals surface area (Å²) in [5.41, 5.74) is 2.87. The molecule has 0 aliphatic heterocycles. The molecule has 0 atom stereocenters. The van der Waals surface area contributed by atoms with Gasteiger partial charge in [-0.15, -0.1) is 0 Å². The van der Waals surface area contributed by atoms with Crippen LogP contribution in [0.5, 0.6) is 5.75 Å². The van der Waals surface area contributed by atoms with Crippen molar-refractivity contribution in [3.63, 3.8) is 0 Å². The Morgan fingerprint density at radius 3 is 2.70 bits per heavy atom. The molecule has 0 bridgehead atoms. The van der Waals surface area contributed by atoms with Crippen molar-refractivity contribution in [3.05, 3.63) is 50.1 Å². The van der Waals surface area contributed by atoms with Crippen molar-refractivity contribution in [2.75, 3.05) is 7.11 Å². The third-order valence-electron chi connectivity index (χ3n) is 3.05. The summed E-state index contributed by atoms with van der Waals surface area (Å²) >= 11 is 12.5. The number of nitrogens with one attached hydrogen (secondary N) is 1. The van der Waals surface area contributed by atoms with E-state index in [2.05, 4.69) is 36.8 Å². The van der Waals surface area contributed by atoms with E-state index < -0.39 is 0 Å². The zero-order valence-corrected chi connectivity index (χ0v) is 14.5. The Kier molecular flexibility index (Phi) is 3.70. The van der Waals surface area contributed by atoms with Crippen molar-refractivity contribution in [1.82, 2.24) is 9.55 Å². The summed E-state index contributed by atoms with van der Waals surface area (Å²) in [7, 11) is 1.65. The fourth-order valence-corrected chi connectivity index (χ4v) is 3.70. The monoisotopic (exact) mass is 412 g/mol. The Morgan fingerprint density at radius 1 is 1.20 bits per heavy atom. The largest absolute Gasteiger partial charge is 0.494 e. The van der Waals surface area contributed by atoms with Gasteiger partial charge in [-0.2, -0.15) is 0 Å². The molecule has 0 saturated heterocycles. The molecule has 0 saturated carbocycles. The van der Waals surface area contributed by atoms with Gasteiger partial charge in [-0.05, 0) is 58.5 Å². The number of nitrogens with zero attached hydrogens (tertiary/aromatic N) is 1. The summed E-state index contributed by atoms with van der Waals surface area (Å²) in [6, 6.07) is 11.9. The molecule has 6 heteroatoms. The van der Waals surface area contributed by atoms with Gasteiger partial charge in [0, 0.05) is 8.95 Å². The number of halogens is 2. The maximum Gasteiger partial charge on any atom is 0.182 e. The van der Waals surface area contributed by atoms with Gasteiger partial charge in [0.25, 0.3) is 0 Å². The molecule has 0 radical (unpaired) electrons. The van der Waals surface area contributed by atoms with Gasteiger partial charge in [0.2, 0.25) is 0 Å². The normalized spacial score (nSPS) is 10.9. The SMILES string of the molecule is COc1cccc2c1[nH]c(=S)n2-c1ccc(Br)cc1Br. The molecule has 2 aromatic carbocycles. The van der Waals surface area contributed by atoms with Gasteiger partial charge in [-0.25, -0.2) is 0 Å². The van der Waals surface area contributed by atoms with E-state index in [0.29, 0.717) is 4.77 Å². The highest BCUT2D eigenvalue weighted by molar-refractivity contribution is 9.11. The summed E-state index contributed by atoms with van der Waals surface area (Å²) in [6.07, 6.45) is 0. The quantitative estimate of drug-likeness (QED) is 0.583. The van der Waals surface area contributed by atoms with E-state index >= 15 is 0 Å². The first-order valence-electron chi connectivity index (χ1n) is 5.85. The maximum atomic E-state index is 5.45. The fourth-order valence-electron chi connectivity index (χ4n) is 2.18. The number of hydrogen-bond acceptors (Lipinski definition) is 2. The number of fused-ring (bicyclic) bond motifs is 1. The molecule has 1 aromatic heterocycles. The molecule has 3 aromatic rings. The van der Waals surface area contributed by atoms with Gasteiger partial charge < -0.3 is 9.72 Å². The molecule has 3 rings (SSSR count). The van der Waals surface area contributed by atoms with Gasteiger partial charge in [0.05, 0.1) is 18.3 Å². The molecule has 0 aliphatic rings. The molecule has 20 heavy (non-hydrogen) atoms. The van der Waals surface area contributed by atoms with E-state index in [4.69, 9.17) is 17.0 Å². The number of hydrogen-bond donors (Lipinski definition) is 1. The third-order valence-corrected chi connectivity index (χ3v) is 4.46. The lowest BCUT2D eigenvalue weighted by Gasteiger charge is -2.08. The number of rotatable bonds is 2. The number of H-pyrrole nitrogens is 1. The van der Waals surface area contributed by atoms with Crippen LogP contribution in [0.4, 0.5) is 0 Å². The first kappa shape index (κ1) is 13.9. The summed E-state index contributed by atoms with van der Waals surface area (Å²) in [6.45, 7) is 0. The van der Waals surface area contributed by atoms with Crippen LogP contribution in [-0.2, 0) is 0 Å². The molecule has 0 fully saturated rings. The number of ether oxygens (including phenoxy) is 1. The minimum Gasteiger partial charge on any atom is -0.494 e. The molecule has 1 N–H and O–H groups in total. The molecule has 0 unspecified atom stereocenters. The zero-order valence-electron chi connectivity index (χ0n) is 10.5. The standard InChI is InChI=1S/C14H10Br2N2OS/c1-19-12-4-2-3-11-13(12)17-14(20)18(11)10-6-5-8(15)7-9(10)16/h2-7H,1H3,(H,17,20). The van der Waals surface area contributed by atoms with Crippen molar-refractivity contribution in [2.24, 2.45) is 0 Å². The van der Waals surface area contributed by atoms with E-state index in [0.717, 1.165) is 31.4 Å². The minimum atomic E-state index is 0.632. The summed E-state index contributed by atoms with van der Waals surface area (Å²) in [5, 5.41) is 0. The smallest absolute Gasteiger partial charge is 0.182 e. The lowest BCUT2D eigenvalue weighted by atomic mass is 10.2. The van der Waals surface area contributed by atoms with Crippen LogP contribution in [0, 0.1) is 4.77 Å². The summed E-state index contributed by atoms with van der Waals surface area (Å²) in [5.74, 6) is 0.778. The van der Waals surface area contributed by atoms with Gasteiger partial charge in [0.15, 0.2) is 4.77 Å². The molecule has 102 valence electrons. The second-order valence-corrected chi connectivity index (χ2v) is 6.37. The van der Waals surface area contributed by atoms with Crippen molar-refractivity contribution in [1.29, 1.82) is 0 Å². The Labute approximate surface area is 137 Å². The molecule has 0 spiro atoms. The zero-order chi connectivity index (χ0) is 14.3. The van der Waals surface area contributed by atoms with Crippen LogP contribution in [0.15, 0.2) is 45.3 Å². The van der Waals surface area contributed by atoms with E-state index in [1.807, 2.05) is 41.0 Å². The molecular weight excluding hydrogens is 404 g/mol. The highest BCUT2D eigenvalue weighted by Gasteiger charge is 2.12. The van der Waals surface area contributed by atoms with Crippen molar-refractivity contribution in [3.8, 4) is 11.4 Å². The van der Waals surface area contributed by atoms with E-state index in [9.17, 15) is 0 Å². The van der Waals surface area contributed by atoms with Crippen molar-refractivity contribution < 1.29 is 4.74 Å². The number of imidazole rings is 1. The highest BCUT2D eigenvalue weighted by Crippen LogP contribution is 2.31. The Balaban J connectivity index is 2.37. The first-order valence-corrected chi connectivity index (χ1v) is 7.84. The predicted molar refractivity (Wildman–Crippen MR) is 90.4 cm³/mol. The van der Waals surface area contributed by atoms with Gasteiger partial charge in [0.1, 0.15) is 11.3 Å². The lowest BCUT2D eigenvalue weighted by Crippen LogP contribution is -1.95. The molecule has 0 aliphatic carbocycles. The molecular formula is C14H10Br2N2OS. The van der Waals surface area contributed by atoms with Gasteiger partial charge >= 0.3 is 0 Å². The second kappa shape index (κ2) is 5.35. The van der Waals surface area contributed by atoms with Crippen LogP contribution < -0.4 is 4.74 Å². The predicted octanol–water partition coefficient (Wildman–Crippen LogP) is 5.22. The number of methoxy groups -OCH3 is 1. The van der Waals surface area contributed by atoms with Crippen molar-refractivity contribution >= 4 is 55.1 Å². The number of benzene rings is 2. The van der Waals surface area contributed by atoms with E-state index in [1.165, 1.54) is 0 Å². The van der Waals surface area contributed by atoms with Crippen LogP contribution in [0.25, 0.3) is 16.7 Å². The minimum absolute atomic E-state index is 0.632. The van der Waals surface area contributed by atoms with Crippen LogP contribution in [0.3, 0.4) is 0 Å². The Bertz CT molecular complexity index is 854. The molecule has 0 amide bonds. The fraction of sp³-hybridized carbons (Fsp3) is 0.0714. The van der Waals surface area contributed by atoms with Crippen LogP contribution >= 0.6 is 44.1 Å². The molecule has 3 nitrogen and oxygen atoms in total. The lowest BCUT2D eigenvalue weighted by molar-refractivity contribution is 0.419. The number of aromatic nitrogens is 2. The van der Waals surface area contributed by atoms with Crippen molar-refractivity contribution in [2.45, 2.75) is 0 Å². The number of aromatic amines is 1. The van der Waals surface area contributed by atoms with Gasteiger partial charge in [-0.3, -0.25) is 4.57 Å². The average Bonchev–Trinajstić information content (AvgIpc) is 2.75.